The van der Waals surface area contributed by atoms with Crippen molar-refractivity contribution in [1.29, 1.82) is 0 Å². The zero-order valence-electron chi connectivity index (χ0n) is 17.1. The summed E-state index contributed by atoms with van der Waals surface area (Å²) in [6.45, 7) is 4.21. The van der Waals surface area contributed by atoms with Gasteiger partial charge in [0.05, 0.1) is 13.2 Å². The SMILES string of the molecule is CC[C@H](Oc1cccc2ccccc12)C(=O)N[C@@H](C)COc1ccc(OC)cc1. The highest BCUT2D eigenvalue weighted by Crippen LogP contribution is 2.26. The van der Waals surface area contributed by atoms with Crippen molar-refractivity contribution in [2.24, 2.45) is 0 Å². The molecule has 0 saturated heterocycles. The number of rotatable bonds is 9. The van der Waals surface area contributed by atoms with Gasteiger partial charge in [0.25, 0.3) is 5.91 Å². The highest BCUT2D eigenvalue weighted by molar-refractivity contribution is 5.89. The van der Waals surface area contributed by atoms with Crippen LogP contribution < -0.4 is 19.5 Å². The average molecular weight is 393 g/mol. The molecule has 0 unspecified atom stereocenters. The van der Waals surface area contributed by atoms with Gasteiger partial charge in [-0.2, -0.15) is 0 Å². The molecule has 0 aliphatic heterocycles. The lowest BCUT2D eigenvalue weighted by Gasteiger charge is -2.21. The molecule has 1 amide bonds. The summed E-state index contributed by atoms with van der Waals surface area (Å²) in [6.07, 6.45) is 0.00503. The molecule has 0 heterocycles. The van der Waals surface area contributed by atoms with E-state index < -0.39 is 6.10 Å². The highest BCUT2D eigenvalue weighted by Gasteiger charge is 2.21. The molecule has 0 bridgehead atoms. The number of carbonyl (C=O) groups excluding carboxylic acids is 1. The van der Waals surface area contributed by atoms with E-state index in [0.29, 0.717) is 18.8 Å². The summed E-state index contributed by atoms with van der Waals surface area (Å²) < 4.78 is 16.9. The third kappa shape index (κ3) is 5.41. The zero-order valence-corrected chi connectivity index (χ0v) is 17.1. The Kier molecular flexibility index (Phi) is 6.95. The summed E-state index contributed by atoms with van der Waals surface area (Å²) >= 11 is 0. The van der Waals surface area contributed by atoms with Crippen molar-refractivity contribution < 1.29 is 19.0 Å². The number of ether oxygens (including phenoxy) is 3. The van der Waals surface area contributed by atoms with Gasteiger partial charge < -0.3 is 19.5 Å². The fourth-order valence-electron chi connectivity index (χ4n) is 3.04. The molecule has 3 rings (SSSR count). The summed E-state index contributed by atoms with van der Waals surface area (Å²) in [4.78, 5) is 12.7. The first-order chi connectivity index (χ1) is 14.1. The van der Waals surface area contributed by atoms with Gasteiger partial charge in [-0.3, -0.25) is 4.79 Å². The molecule has 0 radical (unpaired) electrons. The summed E-state index contributed by atoms with van der Waals surface area (Å²) in [5.74, 6) is 2.07. The Hall–Kier alpha value is -3.21. The van der Waals surface area contributed by atoms with E-state index >= 15 is 0 Å². The molecule has 0 aromatic heterocycles. The number of nitrogens with one attached hydrogen (secondary N) is 1. The number of fused-ring (bicyclic) bond motifs is 1. The maximum atomic E-state index is 12.7. The minimum Gasteiger partial charge on any atom is -0.497 e. The van der Waals surface area contributed by atoms with Crippen molar-refractivity contribution in [2.75, 3.05) is 13.7 Å². The van der Waals surface area contributed by atoms with Crippen LogP contribution in [0.3, 0.4) is 0 Å². The predicted molar refractivity (Wildman–Crippen MR) is 115 cm³/mol. The van der Waals surface area contributed by atoms with Crippen LogP contribution in [0.1, 0.15) is 20.3 Å². The van der Waals surface area contributed by atoms with E-state index in [1.165, 1.54) is 0 Å². The number of benzene rings is 3. The molecule has 152 valence electrons. The molecule has 3 aromatic carbocycles. The molecule has 1 N–H and O–H groups in total. The second-order valence-corrected chi connectivity index (χ2v) is 6.89. The Morgan fingerprint density at radius 1 is 0.966 bits per heavy atom. The first-order valence-electron chi connectivity index (χ1n) is 9.82. The molecule has 3 aromatic rings. The van der Waals surface area contributed by atoms with Crippen molar-refractivity contribution in [1.82, 2.24) is 5.32 Å². The van der Waals surface area contributed by atoms with Crippen LogP contribution in [0.15, 0.2) is 66.7 Å². The van der Waals surface area contributed by atoms with Crippen molar-refractivity contribution in [3.8, 4) is 17.2 Å². The molecule has 0 aliphatic rings. The van der Waals surface area contributed by atoms with Gasteiger partial charge in [0.2, 0.25) is 0 Å². The molecule has 0 aliphatic carbocycles. The van der Waals surface area contributed by atoms with Crippen molar-refractivity contribution in [3.63, 3.8) is 0 Å². The van der Waals surface area contributed by atoms with Gasteiger partial charge in [-0.1, -0.05) is 43.3 Å². The normalized spacial score (nSPS) is 12.8. The minimum atomic E-state index is -0.566. The fraction of sp³-hybridized carbons (Fsp3) is 0.292. The minimum absolute atomic E-state index is 0.147. The third-order valence-corrected chi connectivity index (χ3v) is 4.63. The van der Waals surface area contributed by atoms with Crippen LogP contribution in [0.2, 0.25) is 0 Å². The van der Waals surface area contributed by atoms with Crippen LogP contribution >= 0.6 is 0 Å². The summed E-state index contributed by atoms with van der Waals surface area (Å²) in [5.41, 5.74) is 0. The van der Waals surface area contributed by atoms with Gasteiger partial charge in [0.15, 0.2) is 6.10 Å². The lowest BCUT2D eigenvalue weighted by Crippen LogP contribution is -2.44. The maximum Gasteiger partial charge on any atom is 0.261 e. The van der Waals surface area contributed by atoms with E-state index in [1.807, 2.05) is 80.6 Å². The van der Waals surface area contributed by atoms with E-state index in [1.54, 1.807) is 7.11 Å². The van der Waals surface area contributed by atoms with Crippen LogP contribution in [0.4, 0.5) is 0 Å². The Balaban J connectivity index is 1.57. The van der Waals surface area contributed by atoms with Crippen LogP contribution in [-0.2, 0) is 4.79 Å². The van der Waals surface area contributed by atoms with Gasteiger partial charge in [-0.05, 0) is 49.1 Å². The van der Waals surface area contributed by atoms with Crippen LogP contribution in [-0.4, -0.2) is 31.8 Å². The molecule has 0 saturated carbocycles. The van der Waals surface area contributed by atoms with E-state index in [-0.39, 0.29) is 11.9 Å². The highest BCUT2D eigenvalue weighted by atomic mass is 16.5. The smallest absolute Gasteiger partial charge is 0.261 e. The average Bonchev–Trinajstić information content (AvgIpc) is 2.76. The zero-order chi connectivity index (χ0) is 20.6. The molecule has 5 heteroatoms. The number of hydrogen-bond donors (Lipinski definition) is 1. The second-order valence-electron chi connectivity index (χ2n) is 6.89. The molecule has 29 heavy (non-hydrogen) atoms. The van der Waals surface area contributed by atoms with Crippen molar-refractivity contribution in [2.45, 2.75) is 32.4 Å². The van der Waals surface area contributed by atoms with Crippen molar-refractivity contribution >= 4 is 16.7 Å². The third-order valence-electron chi connectivity index (χ3n) is 4.63. The monoisotopic (exact) mass is 393 g/mol. The van der Waals surface area contributed by atoms with Crippen LogP contribution in [0, 0.1) is 0 Å². The molecule has 2 atom stereocenters. The predicted octanol–water partition coefficient (Wildman–Crippen LogP) is 4.59. The molecular formula is C24H27NO4. The first-order valence-corrected chi connectivity index (χ1v) is 9.82. The largest absolute Gasteiger partial charge is 0.497 e. The maximum absolute atomic E-state index is 12.7. The summed E-state index contributed by atoms with van der Waals surface area (Å²) in [6, 6.07) is 21.0. The number of hydrogen-bond acceptors (Lipinski definition) is 4. The standard InChI is InChI=1S/C24H27NO4/c1-4-22(29-23-11-7-9-18-8-5-6-10-21(18)23)24(26)25-17(2)16-28-20-14-12-19(27-3)13-15-20/h5-15,17,22H,4,16H2,1-3H3,(H,25,26)/t17-,22-/m0/s1. The first kappa shape index (κ1) is 20.5. The van der Waals surface area contributed by atoms with Crippen LogP contribution in [0.25, 0.3) is 10.8 Å². The number of methoxy groups -OCH3 is 1. The van der Waals surface area contributed by atoms with Gasteiger partial charge >= 0.3 is 0 Å². The number of amides is 1. The van der Waals surface area contributed by atoms with E-state index in [0.717, 1.165) is 22.3 Å². The molecule has 0 fully saturated rings. The lowest BCUT2D eigenvalue weighted by molar-refractivity contribution is -0.128. The second kappa shape index (κ2) is 9.82. The Labute approximate surface area is 171 Å². The molecule has 5 nitrogen and oxygen atoms in total. The Morgan fingerprint density at radius 2 is 1.66 bits per heavy atom. The van der Waals surface area contributed by atoms with Gasteiger partial charge in [-0.25, -0.2) is 0 Å². The Bertz CT molecular complexity index is 934. The van der Waals surface area contributed by atoms with E-state index in [4.69, 9.17) is 14.2 Å². The van der Waals surface area contributed by atoms with Gasteiger partial charge in [-0.15, -0.1) is 0 Å². The van der Waals surface area contributed by atoms with E-state index in [9.17, 15) is 4.79 Å². The quantitative estimate of drug-likeness (QED) is 0.578. The van der Waals surface area contributed by atoms with Crippen molar-refractivity contribution in [3.05, 3.63) is 66.7 Å². The van der Waals surface area contributed by atoms with Crippen LogP contribution in [0.5, 0.6) is 17.2 Å². The summed E-state index contributed by atoms with van der Waals surface area (Å²) in [7, 11) is 1.62. The van der Waals surface area contributed by atoms with E-state index in [2.05, 4.69) is 5.32 Å². The fourth-order valence-corrected chi connectivity index (χ4v) is 3.04. The van der Waals surface area contributed by atoms with Gasteiger partial charge in [0.1, 0.15) is 23.9 Å². The topological polar surface area (TPSA) is 56.8 Å². The Morgan fingerprint density at radius 3 is 2.38 bits per heavy atom. The molecular weight excluding hydrogens is 366 g/mol. The lowest BCUT2D eigenvalue weighted by atomic mass is 10.1. The van der Waals surface area contributed by atoms with Gasteiger partial charge in [0, 0.05) is 5.39 Å². The number of carbonyl (C=O) groups is 1. The summed E-state index contributed by atoms with van der Waals surface area (Å²) in [5, 5.41) is 5.06. The molecule has 0 spiro atoms.